The van der Waals surface area contributed by atoms with E-state index in [-0.39, 0.29) is 23.4 Å². The summed E-state index contributed by atoms with van der Waals surface area (Å²) < 4.78 is 18.8. The summed E-state index contributed by atoms with van der Waals surface area (Å²) in [5.74, 6) is 0.189. The maximum atomic E-state index is 13.4. The summed E-state index contributed by atoms with van der Waals surface area (Å²) in [5, 5.41) is 5.09. The molecule has 2 aromatic heterocycles. The van der Waals surface area contributed by atoms with Crippen LogP contribution in [0, 0.1) is 12.7 Å². The summed E-state index contributed by atoms with van der Waals surface area (Å²) in [4.78, 5) is 31.2. The molecule has 8 heteroatoms. The third-order valence-corrected chi connectivity index (χ3v) is 7.89. The second-order valence-corrected chi connectivity index (χ2v) is 10.1. The fraction of sp³-hybridized carbons (Fsp3) is 0.458. The zero-order chi connectivity index (χ0) is 22.4. The minimum absolute atomic E-state index is 0.0856. The van der Waals surface area contributed by atoms with Gasteiger partial charge in [-0.3, -0.25) is 14.5 Å². The van der Waals surface area contributed by atoms with Crippen LogP contribution < -0.4 is 0 Å². The molecule has 1 amide bonds. The van der Waals surface area contributed by atoms with Gasteiger partial charge in [0.25, 0.3) is 0 Å². The molecule has 0 saturated carbocycles. The average molecular weight is 456 g/mol. The van der Waals surface area contributed by atoms with Gasteiger partial charge in [0.05, 0.1) is 18.8 Å². The van der Waals surface area contributed by atoms with Crippen molar-refractivity contribution in [2.24, 2.45) is 0 Å². The molecule has 168 valence electrons. The third kappa shape index (κ3) is 3.86. The second-order valence-electron chi connectivity index (χ2n) is 8.81. The number of amides is 1. The van der Waals surface area contributed by atoms with Crippen LogP contribution in [-0.2, 0) is 17.8 Å². The van der Waals surface area contributed by atoms with E-state index in [1.165, 1.54) is 12.1 Å². The lowest BCUT2D eigenvalue weighted by Gasteiger charge is -2.31. The molecule has 1 fully saturated rings. The summed E-state index contributed by atoms with van der Waals surface area (Å²) >= 11 is 1.65. The van der Waals surface area contributed by atoms with Gasteiger partial charge in [0.15, 0.2) is 11.4 Å². The molecule has 0 aliphatic carbocycles. The highest BCUT2D eigenvalue weighted by molar-refractivity contribution is 7.12. The Bertz CT molecular complexity index is 1190. The van der Waals surface area contributed by atoms with E-state index in [1.807, 2.05) is 11.8 Å². The number of halogens is 1. The molecule has 1 aromatic carbocycles. The van der Waals surface area contributed by atoms with Crippen molar-refractivity contribution in [3.63, 3.8) is 0 Å². The van der Waals surface area contributed by atoms with Crippen molar-refractivity contribution in [2.45, 2.75) is 45.6 Å². The number of Topliss-reactive ketones (excluding diaryl/α,β-unsaturated/α-hetero) is 1. The van der Waals surface area contributed by atoms with E-state index in [9.17, 15) is 14.0 Å². The quantitative estimate of drug-likeness (QED) is 0.549. The second kappa shape index (κ2) is 8.41. The first-order valence-electron chi connectivity index (χ1n) is 11.1. The minimum Gasteiger partial charge on any atom is -0.356 e. The SMILES string of the molecule is CC(=O)N1CCc2c(sc(C)c2C(=O)CN2CCC(c3noc4cc(F)ccc34)CC2)C1. The number of hydrogen-bond donors (Lipinski definition) is 0. The molecule has 1 saturated heterocycles. The number of carbonyl (C=O) groups is 2. The van der Waals surface area contributed by atoms with Crippen LogP contribution in [0.1, 0.15) is 57.1 Å². The molecule has 32 heavy (non-hydrogen) atoms. The van der Waals surface area contributed by atoms with Gasteiger partial charge in [0.2, 0.25) is 5.91 Å². The monoisotopic (exact) mass is 455 g/mol. The van der Waals surface area contributed by atoms with E-state index in [4.69, 9.17) is 4.52 Å². The van der Waals surface area contributed by atoms with Crippen LogP contribution in [0.15, 0.2) is 22.7 Å². The predicted molar refractivity (Wildman–Crippen MR) is 121 cm³/mol. The van der Waals surface area contributed by atoms with E-state index in [0.717, 1.165) is 64.3 Å². The number of aromatic nitrogens is 1. The maximum Gasteiger partial charge on any atom is 0.219 e. The summed E-state index contributed by atoms with van der Waals surface area (Å²) in [6, 6.07) is 4.55. The molecule has 0 bridgehead atoms. The van der Waals surface area contributed by atoms with Crippen LogP contribution >= 0.6 is 11.3 Å². The highest BCUT2D eigenvalue weighted by Crippen LogP contribution is 2.35. The molecular weight excluding hydrogens is 429 g/mol. The maximum absolute atomic E-state index is 13.4. The Kier molecular flexibility index (Phi) is 5.59. The Morgan fingerprint density at radius 2 is 2.03 bits per heavy atom. The zero-order valence-corrected chi connectivity index (χ0v) is 19.1. The summed E-state index contributed by atoms with van der Waals surface area (Å²) in [7, 11) is 0. The van der Waals surface area contributed by atoms with Crippen molar-refractivity contribution in [3.05, 3.63) is 50.6 Å². The van der Waals surface area contributed by atoms with Crippen molar-refractivity contribution in [1.82, 2.24) is 15.0 Å². The summed E-state index contributed by atoms with van der Waals surface area (Å²) in [6.45, 7) is 6.95. The Morgan fingerprint density at radius 1 is 1.25 bits per heavy atom. The van der Waals surface area contributed by atoms with Crippen molar-refractivity contribution < 1.29 is 18.5 Å². The number of likely N-dealkylation sites (tertiary alicyclic amines) is 1. The highest BCUT2D eigenvalue weighted by atomic mass is 32.1. The molecule has 2 aliphatic rings. The van der Waals surface area contributed by atoms with Gasteiger partial charge in [-0.1, -0.05) is 5.16 Å². The number of piperidine rings is 1. The first-order chi connectivity index (χ1) is 15.4. The van der Waals surface area contributed by atoms with Gasteiger partial charge < -0.3 is 9.42 Å². The summed E-state index contributed by atoms with van der Waals surface area (Å²) in [6.07, 6.45) is 2.53. The smallest absolute Gasteiger partial charge is 0.219 e. The van der Waals surface area contributed by atoms with Crippen molar-refractivity contribution in [1.29, 1.82) is 0 Å². The number of nitrogens with zero attached hydrogens (tertiary/aromatic N) is 3. The number of aryl methyl sites for hydroxylation is 1. The van der Waals surface area contributed by atoms with E-state index >= 15 is 0 Å². The average Bonchev–Trinajstić information content (AvgIpc) is 3.33. The number of carbonyl (C=O) groups excluding carboxylic acids is 2. The number of thiophene rings is 1. The van der Waals surface area contributed by atoms with Crippen LogP contribution in [0.2, 0.25) is 0 Å². The number of benzene rings is 1. The van der Waals surface area contributed by atoms with Crippen LogP contribution in [0.4, 0.5) is 4.39 Å². The van der Waals surface area contributed by atoms with Gasteiger partial charge in [-0.2, -0.15) is 0 Å². The van der Waals surface area contributed by atoms with Gasteiger partial charge in [-0.15, -0.1) is 11.3 Å². The number of hydrogen-bond acceptors (Lipinski definition) is 6. The fourth-order valence-corrected chi connectivity index (χ4v) is 6.30. The molecule has 0 atom stereocenters. The molecule has 4 heterocycles. The van der Waals surface area contributed by atoms with Crippen molar-refractivity contribution >= 4 is 34.0 Å². The topological polar surface area (TPSA) is 66.7 Å². The number of rotatable bonds is 4. The van der Waals surface area contributed by atoms with Gasteiger partial charge >= 0.3 is 0 Å². The van der Waals surface area contributed by atoms with Crippen molar-refractivity contribution in [2.75, 3.05) is 26.2 Å². The molecule has 0 radical (unpaired) electrons. The van der Waals surface area contributed by atoms with Crippen LogP contribution in [0.5, 0.6) is 0 Å². The Morgan fingerprint density at radius 3 is 2.78 bits per heavy atom. The lowest BCUT2D eigenvalue weighted by molar-refractivity contribution is -0.129. The van der Waals surface area contributed by atoms with Crippen LogP contribution in [0.25, 0.3) is 11.0 Å². The van der Waals surface area contributed by atoms with E-state index < -0.39 is 0 Å². The lowest BCUT2D eigenvalue weighted by Crippen LogP contribution is -2.37. The normalized spacial score (nSPS) is 17.7. The zero-order valence-electron chi connectivity index (χ0n) is 18.3. The molecule has 6 nitrogen and oxygen atoms in total. The highest BCUT2D eigenvalue weighted by Gasteiger charge is 2.30. The Balaban J connectivity index is 1.24. The van der Waals surface area contributed by atoms with E-state index in [0.29, 0.717) is 25.2 Å². The minimum atomic E-state index is -0.326. The standard InChI is InChI=1S/C24H26FN3O3S/c1-14-23(19-7-10-28(15(2)29)13-22(19)32-14)20(30)12-27-8-5-16(6-9-27)24-18-4-3-17(25)11-21(18)31-26-24/h3-4,11,16H,5-10,12-13H2,1-2H3. The molecule has 5 rings (SSSR count). The molecule has 2 aliphatic heterocycles. The molecule has 0 N–H and O–H groups in total. The molecule has 3 aromatic rings. The van der Waals surface area contributed by atoms with Crippen molar-refractivity contribution in [3.8, 4) is 0 Å². The fourth-order valence-electron chi connectivity index (χ4n) is 5.05. The largest absolute Gasteiger partial charge is 0.356 e. The van der Waals surface area contributed by atoms with E-state index in [1.54, 1.807) is 24.3 Å². The van der Waals surface area contributed by atoms with Gasteiger partial charge in [0, 0.05) is 46.2 Å². The molecule has 0 spiro atoms. The summed E-state index contributed by atoms with van der Waals surface area (Å²) in [5.41, 5.74) is 3.40. The van der Waals surface area contributed by atoms with Crippen LogP contribution in [-0.4, -0.2) is 52.8 Å². The molecular formula is C24H26FN3O3S. The number of ketones is 1. The third-order valence-electron chi connectivity index (χ3n) is 6.76. The Hall–Kier alpha value is -2.58. The number of fused-ring (bicyclic) bond motifs is 2. The van der Waals surface area contributed by atoms with Crippen LogP contribution in [0.3, 0.4) is 0 Å². The predicted octanol–water partition coefficient (Wildman–Crippen LogP) is 4.30. The van der Waals surface area contributed by atoms with E-state index in [2.05, 4.69) is 10.1 Å². The first kappa shape index (κ1) is 21.3. The lowest BCUT2D eigenvalue weighted by atomic mass is 9.91. The Labute approximate surface area is 190 Å². The molecule has 0 unspecified atom stereocenters. The van der Waals surface area contributed by atoms with Gasteiger partial charge in [-0.05, 0) is 57.0 Å². The van der Waals surface area contributed by atoms with Gasteiger partial charge in [0.1, 0.15) is 5.82 Å². The first-order valence-corrected chi connectivity index (χ1v) is 11.9. The van der Waals surface area contributed by atoms with Gasteiger partial charge in [-0.25, -0.2) is 4.39 Å².